The van der Waals surface area contributed by atoms with Gasteiger partial charge in [-0.15, -0.1) is 0 Å². The number of halogens is 2. The molecule has 1 aromatic rings. The highest BCUT2D eigenvalue weighted by molar-refractivity contribution is 5.76. The predicted molar refractivity (Wildman–Crippen MR) is 68.5 cm³/mol. The summed E-state index contributed by atoms with van der Waals surface area (Å²) in [6, 6.07) is 3.49. The molecule has 0 spiro atoms. The number of hydrogen-bond acceptors (Lipinski definition) is 2. The largest absolute Gasteiger partial charge is 0.343 e. The number of likely N-dealkylation sites (tertiary alicyclic amines) is 1. The predicted octanol–water partition coefficient (Wildman–Crippen LogP) is 1.85. The highest BCUT2D eigenvalue weighted by Crippen LogP contribution is 2.14. The molecule has 0 aromatic heterocycles. The molecule has 0 saturated carbocycles. The third-order valence-corrected chi connectivity index (χ3v) is 3.51. The van der Waals surface area contributed by atoms with Crippen LogP contribution in [0, 0.1) is 11.6 Å². The Morgan fingerprint density at radius 1 is 1.32 bits per heavy atom. The molecule has 1 aromatic carbocycles. The Morgan fingerprint density at radius 3 is 2.68 bits per heavy atom. The lowest BCUT2D eigenvalue weighted by molar-refractivity contribution is -0.132. The molecule has 0 aliphatic carbocycles. The molecule has 0 unspecified atom stereocenters. The zero-order valence-electron chi connectivity index (χ0n) is 10.7. The van der Waals surface area contributed by atoms with Gasteiger partial charge in [-0.3, -0.25) is 4.79 Å². The van der Waals surface area contributed by atoms with Crippen LogP contribution in [0.3, 0.4) is 0 Å². The van der Waals surface area contributed by atoms with Crippen molar-refractivity contribution in [2.75, 3.05) is 13.1 Å². The Kier molecular flexibility index (Phi) is 4.47. The van der Waals surface area contributed by atoms with Gasteiger partial charge in [-0.25, -0.2) is 8.78 Å². The van der Waals surface area contributed by atoms with E-state index in [-0.39, 0.29) is 30.4 Å². The summed E-state index contributed by atoms with van der Waals surface area (Å²) in [5, 5.41) is 0. The molecule has 1 saturated heterocycles. The first-order valence-electron chi connectivity index (χ1n) is 6.53. The van der Waals surface area contributed by atoms with Crippen molar-refractivity contribution in [3.8, 4) is 0 Å². The van der Waals surface area contributed by atoms with Crippen LogP contribution in [0.2, 0.25) is 0 Å². The third-order valence-electron chi connectivity index (χ3n) is 3.51. The number of piperidine rings is 1. The molecule has 1 aliphatic rings. The minimum absolute atomic E-state index is 0.0180. The van der Waals surface area contributed by atoms with Crippen molar-refractivity contribution in [1.29, 1.82) is 0 Å². The second kappa shape index (κ2) is 6.10. The van der Waals surface area contributed by atoms with Crippen LogP contribution >= 0.6 is 0 Å². The maximum atomic E-state index is 13.4. The van der Waals surface area contributed by atoms with Crippen LogP contribution in [0.5, 0.6) is 0 Å². The molecule has 19 heavy (non-hydrogen) atoms. The van der Waals surface area contributed by atoms with Gasteiger partial charge in [0.15, 0.2) is 0 Å². The lowest BCUT2D eigenvalue weighted by Gasteiger charge is -2.30. The highest BCUT2D eigenvalue weighted by atomic mass is 19.1. The van der Waals surface area contributed by atoms with Gasteiger partial charge >= 0.3 is 0 Å². The van der Waals surface area contributed by atoms with Crippen LogP contribution in [0.4, 0.5) is 8.78 Å². The molecular formula is C14H18F2N2O. The van der Waals surface area contributed by atoms with Gasteiger partial charge in [0.1, 0.15) is 11.6 Å². The molecule has 5 heteroatoms. The molecule has 104 valence electrons. The van der Waals surface area contributed by atoms with Gasteiger partial charge in [0.05, 0.1) is 0 Å². The summed E-state index contributed by atoms with van der Waals surface area (Å²) in [5.41, 5.74) is 6.02. The highest BCUT2D eigenvalue weighted by Gasteiger charge is 2.20. The first-order chi connectivity index (χ1) is 9.06. The van der Waals surface area contributed by atoms with Crippen LogP contribution in [-0.4, -0.2) is 29.9 Å². The van der Waals surface area contributed by atoms with Crippen LogP contribution in [-0.2, 0) is 11.2 Å². The molecule has 1 fully saturated rings. The van der Waals surface area contributed by atoms with Crippen molar-refractivity contribution in [3.63, 3.8) is 0 Å². The van der Waals surface area contributed by atoms with E-state index in [0.29, 0.717) is 13.1 Å². The van der Waals surface area contributed by atoms with Gasteiger partial charge in [-0.05, 0) is 43.0 Å². The Bertz CT molecular complexity index is 457. The number of amides is 1. The van der Waals surface area contributed by atoms with E-state index in [9.17, 15) is 13.6 Å². The van der Waals surface area contributed by atoms with Crippen molar-refractivity contribution in [2.45, 2.75) is 31.7 Å². The molecule has 2 N–H and O–H groups in total. The lowest BCUT2D eigenvalue weighted by Crippen LogP contribution is -2.42. The molecule has 0 radical (unpaired) electrons. The van der Waals surface area contributed by atoms with Crippen LogP contribution in [0.15, 0.2) is 18.2 Å². The Morgan fingerprint density at radius 2 is 2.00 bits per heavy atom. The normalized spacial score (nSPS) is 16.7. The topological polar surface area (TPSA) is 46.3 Å². The van der Waals surface area contributed by atoms with Gasteiger partial charge in [-0.1, -0.05) is 0 Å². The average molecular weight is 268 g/mol. The fraction of sp³-hybridized carbons (Fsp3) is 0.500. The number of carbonyl (C=O) groups excluding carboxylic acids is 1. The minimum Gasteiger partial charge on any atom is -0.343 e. The molecule has 3 nitrogen and oxygen atoms in total. The van der Waals surface area contributed by atoms with E-state index in [2.05, 4.69) is 0 Å². The molecule has 1 amide bonds. The molecule has 2 rings (SSSR count). The standard InChI is InChI=1S/C14H18F2N2O/c15-11-2-3-13(16)10(9-11)1-4-14(19)18-7-5-12(17)6-8-18/h2-3,9,12H,1,4-8,17H2. The maximum Gasteiger partial charge on any atom is 0.222 e. The number of benzene rings is 1. The van der Waals surface area contributed by atoms with E-state index in [1.165, 1.54) is 0 Å². The molecular weight excluding hydrogens is 250 g/mol. The number of nitrogens with two attached hydrogens (primary N) is 1. The number of rotatable bonds is 3. The smallest absolute Gasteiger partial charge is 0.222 e. The molecule has 0 atom stereocenters. The summed E-state index contributed by atoms with van der Waals surface area (Å²) in [4.78, 5) is 13.7. The zero-order valence-corrected chi connectivity index (χ0v) is 10.7. The Labute approximate surface area is 111 Å². The minimum atomic E-state index is -0.479. The molecule has 1 heterocycles. The summed E-state index contributed by atoms with van der Waals surface area (Å²) in [6.45, 7) is 1.32. The van der Waals surface area contributed by atoms with E-state index >= 15 is 0 Å². The van der Waals surface area contributed by atoms with Gasteiger partial charge in [-0.2, -0.15) is 0 Å². The summed E-state index contributed by atoms with van der Waals surface area (Å²) >= 11 is 0. The van der Waals surface area contributed by atoms with Crippen molar-refractivity contribution >= 4 is 5.91 Å². The van der Waals surface area contributed by atoms with Gasteiger partial charge < -0.3 is 10.6 Å². The summed E-state index contributed by atoms with van der Waals surface area (Å²) < 4.78 is 26.4. The van der Waals surface area contributed by atoms with E-state index < -0.39 is 11.6 Å². The number of aryl methyl sites for hydroxylation is 1. The van der Waals surface area contributed by atoms with E-state index in [1.54, 1.807) is 4.90 Å². The van der Waals surface area contributed by atoms with Crippen LogP contribution < -0.4 is 5.73 Å². The van der Waals surface area contributed by atoms with Crippen molar-refractivity contribution < 1.29 is 13.6 Å². The number of nitrogens with zero attached hydrogens (tertiary/aromatic N) is 1. The third kappa shape index (κ3) is 3.73. The first kappa shape index (κ1) is 13.9. The van der Waals surface area contributed by atoms with E-state index in [0.717, 1.165) is 31.0 Å². The average Bonchev–Trinajstić information content (AvgIpc) is 2.40. The fourth-order valence-electron chi connectivity index (χ4n) is 2.28. The summed E-state index contributed by atoms with van der Waals surface area (Å²) in [5.74, 6) is -0.960. The Balaban J connectivity index is 1.88. The van der Waals surface area contributed by atoms with Gasteiger partial charge in [0.2, 0.25) is 5.91 Å². The molecule has 1 aliphatic heterocycles. The quantitative estimate of drug-likeness (QED) is 0.909. The first-order valence-corrected chi connectivity index (χ1v) is 6.53. The van der Waals surface area contributed by atoms with Crippen molar-refractivity contribution in [3.05, 3.63) is 35.4 Å². The Hall–Kier alpha value is -1.49. The number of carbonyl (C=O) groups is 1. The number of hydrogen-bond donors (Lipinski definition) is 1. The van der Waals surface area contributed by atoms with E-state index in [1.807, 2.05) is 0 Å². The SMILES string of the molecule is NC1CCN(C(=O)CCc2cc(F)ccc2F)CC1. The maximum absolute atomic E-state index is 13.4. The summed E-state index contributed by atoms with van der Waals surface area (Å²) in [6.07, 6.45) is 2.04. The van der Waals surface area contributed by atoms with Crippen molar-refractivity contribution in [1.82, 2.24) is 4.90 Å². The van der Waals surface area contributed by atoms with Crippen LogP contribution in [0.1, 0.15) is 24.8 Å². The van der Waals surface area contributed by atoms with Gasteiger partial charge in [0.25, 0.3) is 0 Å². The van der Waals surface area contributed by atoms with Crippen molar-refractivity contribution in [2.24, 2.45) is 5.73 Å². The summed E-state index contributed by atoms with van der Waals surface area (Å²) in [7, 11) is 0. The van der Waals surface area contributed by atoms with E-state index in [4.69, 9.17) is 5.73 Å². The lowest BCUT2D eigenvalue weighted by atomic mass is 10.0. The van der Waals surface area contributed by atoms with Gasteiger partial charge in [0, 0.05) is 25.6 Å². The zero-order chi connectivity index (χ0) is 13.8. The fourth-order valence-corrected chi connectivity index (χ4v) is 2.28. The second-order valence-electron chi connectivity index (χ2n) is 4.95. The second-order valence-corrected chi connectivity index (χ2v) is 4.95. The monoisotopic (exact) mass is 268 g/mol. The molecule has 0 bridgehead atoms. The van der Waals surface area contributed by atoms with Crippen LogP contribution in [0.25, 0.3) is 0 Å².